The molecule has 4 heteroatoms. The second-order valence-corrected chi connectivity index (χ2v) is 6.51. The third-order valence-electron chi connectivity index (χ3n) is 3.11. The summed E-state index contributed by atoms with van der Waals surface area (Å²) in [4.78, 5) is 12.3. The van der Waals surface area contributed by atoms with E-state index in [1.54, 1.807) is 0 Å². The van der Waals surface area contributed by atoms with E-state index in [1.165, 1.54) is 11.1 Å². The number of carbonyl (C=O) groups excluding carboxylic acids is 1. The number of nitrogens with one attached hydrogen (secondary N) is 1. The van der Waals surface area contributed by atoms with Gasteiger partial charge in [-0.3, -0.25) is 4.79 Å². The molecule has 104 valence electrons. The molecule has 0 aliphatic heterocycles. The first-order valence-electron chi connectivity index (χ1n) is 6.42. The molecule has 0 fully saturated rings. The van der Waals surface area contributed by atoms with Crippen LogP contribution < -0.4 is 5.32 Å². The summed E-state index contributed by atoms with van der Waals surface area (Å²) in [6, 6.07) is 13.9. The number of hydrogen-bond donors (Lipinski definition) is 1. The van der Waals surface area contributed by atoms with Crippen molar-refractivity contribution in [3.63, 3.8) is 0 Å². The van der Waals surface area contributed by atoms with Crippen LogP contribution in [-0.2, 0) is 13.0 Å². The topological polar surface area (TPSA) is 29.1 Å². The van der Waals surface area contributed by atoms with Crippen molar-refractivity contribution in [1.29, 1.82) is 0 Å². The van der Waals surface area contributed by atoms with E-state index in [0.29, 0.717) is 12.1 Å². The summed E-state index contributed by atoms with van der Waals surface area (Å²) < 4.78 is 1.86. The summed E-state index contributed by atoms with van der Waals surface area (Å²) in [5.41, 5.74) is 3.15. The second kappa shape index (κ2) is 7.22. The molecule has 0 spiro atoms. The summed E-state index contributed by atoms with van der Waals surface area (Å²) in [6.07, 6.45) is 0.973. The number of rotatable bonds is 4. The zero-order valence-electron chi connectivity index (χ0n) is 11.1. The van der Waals surface area contributed by atoms with Crippen LogP contribution in [0.1, 0.15) is 28.4 Å². The zero-order valence-corrected chi connectivity index (χ0v) is 14.9. The molecule has 0 saturated carbocycles. The highest BCUT2D eigenvalue weighted by Gasteiger charge is 2.10. The fraction of sp³-hybridized carbons (Fsp3) is 0.188. The molecule has 0 aliphatic carbocycles. The summed E-state index contributed by atoms with van der Waals surface area (Å²) in [5, 5.41) is 2.99. The normalized spacial score (nSPS) is 10.3. The molecule has 2 aromatic carbocycles. The highest BCUT2D eigenvalue weighted by molar-refractivity contribution is 14.1. The van der Waals surface area contributed by atoms with E-state index in [2.05, 4.69) is 62.9 Å². The predicted molar refractivity (Wildman–Crippen MR) is 93.8 cm³/mol. The Balaban J connectivity index is 2.11. The zero-order chi connectivity index (χ0) is 14.5. The van der Waals surface area contributed by atoms with Crippen LogP contribution >= 0.6 is 38.5 Å². The first kappa shape index (κ1) is 15.5. The van der Waals surface area contributed by atoms with Gasteiger partial charge in [0, 0.05) is 14.6 Å². The van der Waals surface area contributed by atoms with E-state index in [1.807, 2.05) is 30.3 Å². The Morgan fingerprint density at radius 3 is 2.60 bits per heavy atom. The minimum Gasteiger partial charge on any atom is -0.348 e. The lowest BCUT2D eigenvalue weighted by molar-refractivity contribution is 0.0950. The Labute approximate surface area is 141 Å². The maximum absolute atomic E-state index is 12.3. The lowest BCUT2D eigenvalue weighted by Crippen LogP contribution is -2.24. The van der Waals surface area contributed by atoms with Crippen molar-refractivity contribution in [3.8, 4) is 0 Å². The van der Waals surface area contributed by atoms with E-state index in [9.17, 15) is 4.79 Å². The van der Waals surface area contributed by atoms with Gasteiger partial charge in [-0.25, -0.2) is 0 Å². The van der Waals surface area contributed by atoms with Crippen molar-refractivity contribution in [1.82, 2.24) is 5.32 Å². The SMILES string of the molecule is CCc1ccccc1CNC(=O)c1cc(Br)ccc1I. The lowest BCUT2D eigenvalue weighted by Gasteiger charge is -2.10. The van der Waals surface area contributed by atoms with E-state index in [4.69, 9.17) is 0 Å². The summed E-state index contributed by atoms with van der Waals surface area (Å²) in [5.74, 6) is -0.0402. The molecule has 1 N–H and O–H groups in total. The molecular formula is C16H15BrINO. The third kappa shape index (κ3) is 3.82. The van der Waals surface area contributed by atoms with Crippen LogP contribution in [0.3, 0.4) is 0 Å². The molecule has 0 saturated heterocycles. The van der Waals surface area contributed by atoms with Crippen LogP contribution in [0.25, 0.3) is 0 Å². The average molecular weight is 444 g/mol. The molecule has 0 heterocycles. The quantitative estimate of drug-likeness (QED) is 0.690. The number of amides is 1. The lowest BCUT2D eigenvalue weighted by atomic mass is 10.1. The molecule has 0 bridgehead atoms. The van der Waals surface area contributed by atoms with Gasteiger partial charge in [-0.2, -0.15) is 0 Å². The molecule has 2 nitrogen and oxygen atoms in total. The second-order valence-electron chi connectivity index (χ2n) is 4.43. The smallest absolute Gasteiger partial charge is 0.252 e. The minimum atomic E-state index is -0.0402. The molecule has 0 unspecified atom stereocenters. The van der Waals surface area contributed by atoms with E-state index < -0.39 is 0 Å². The van der Waals surface area contributed by atoms with Gasteiger partial charge in [-0.15, -0.1) is 0 Å². The van der Waals surface area contributed by atoms with Gasteiger partial charge in [-0.1, -0.05) is 47.1 Å². The maximum atomic E-state index is 12.3. The molecule has 0 aromatic heterocycles. The van der Waals surface area contributed by atoms with Crippen molar-refractivity contribution in [2.75, 3.05) is 0 Å². The van der Waals surface area contributed by atoms with Crippen LogP contribution in [0.4, 0.5) is 0 Å². The van der Waals surface area contributed by atoms with Crippen molar-refractivity contribution in [2.24, 2.45) is 0 Å². The Bertz CT molecular complexity index is 628. The van der Waals surface area contributed by atoms with Gasteiger partial charge in [0.1, 0.15) is 0 Å². The van der Waals surface area contributed by atoms with Crippen molar-refractivity contribution in [3.05, 3.63) is 67.2 Å². The van der Waals surface area contributed by atoms with E-state index in [-0.39, 0.29) is 5.91 Å². The molecule has 0 atom stereocenters. The van der Waals surface area contributed by atoms with Gasteiger partial charge in [0.2, 0.25) is 0 Å². The fourth-order valence-corrected chi connectivity index (χ4v) is 2.96. The number of benzene rings is 2. The molecule has 2 aromatic rings. The van der Waals surface area contributed by atoms with Crippen LogP contribution in [0.15, 0.2) is 46.9 Å². The number of carbonyl (C=O) groups is 1. The van der Waals surface area contributed by atoms with Gasteiger partial charge < -0.3 is 5.32 Å². The Hall–Kier alpha value is -0.880. The molecule has 20 heavy (non-hydrogen) atoms. The minimum absolute atomic E-state index is 0.0402. The first-order valence-corrected chi connectivity index (χ1v) is 8.29. The first-order chi connectivity index (χ1) is 9.61. The maximum Gasteiger partial charge on any atom is 0.252 e. The van der Waals surface area contributed by atoms with E-state index >= 15 is 0 Å². The molecular weight excluding hydrogens is 429 g/mol. The highest BCUT2D eigenvalue weighted by atomic mass is 127. The summed E-state index contributed by atoms with van der Waals surface area (Å²) >= 11 is 5.58. The summed E-state index contributed by atoms with van der Waals surface area (Å²) in [7, 11) is 0. The Morgan fingerprint density at radius 1 is 1.20 bits per heavy atom. The van der Waals surface area contributed by atoms with Crippen LogP contribution in [0, 0.1) is 3.57 Å². The predicted octanol–water partition coefficient (Wildman–Crippen LogP) is 4.55. The van der Waals surface area contributed by atoms with Gasteiger partial charge in [0.25, 0.3) is 5.91 Å². The Morgan fingerprint density at radius 2 is 1.90 bits per heavy atom. The summed E-state index contributed by atoms with van der Waals surface area (Å²) in [6.45, 7) is 2.68. The van der Waals surface area contributed by atoms with Gasteiger partial charge in [0.05, 0.1) is 5.56 Å². The Kier molecular flexibility index (Phi) is 5.60. The van der Waals surface area contributed by atoms with Gasteiger partial charge in [0.15, 0.2) is 0 Å². The highest BCUT2D eigenvalue weighted by Crippen LogP contribution is 2.18. The van der Waals surface area contributed by atoms with E-state index in [0.717, 1.165) is 14.5 Å². The van der Waals surface area contributed by atoms with Crippen LogP contribution in [-0.4, -0.2) is 5.91 Å². The van der Waals surface area contributed by atoms with Crippen LogP contribution in [0.2, 0.25) is 0 Å². The van der Waals surface area contributed by atoms with Gasteiger partial charge >= 0.3 is 0 Å². The molecule has 2 rings (SSSR count). The van der Waals surface area contributed by atoms with Crippen molar-refractivity contribution >= 4 is 44.4 Å². The molecule has 0 aliphatic rings. The molecule has 1 amide bonds. The fourth-order valence-electron chi connectivity index (χ4n) is 2.02. The monoisotopic (exact) mass is 443 g/mol. The molecule has 0 radical (unpaired) electrons. The number of aryl methyl sites for hydroxylation is 1. The number of hydrogen-bond acceptors (Lipinski definition) is 1. The van der Waals surface area contributed by atoms with Crippen molar-refractivity contribution < 1.29 is 4.79 Å². The standard InChI is InChI=1S/C16H15BrINO/c1-2-11-5-3-4-6-12(11)10-19-16(20)14-9-13(17)7-8-15(14)18/h3-9H,2,10H2,1H3,(H,19,20). The number of halogens is 2. The largest absolute Gasteiger partial charge is 0.348 e. The van der Waals surface area contributed by atoms with Gasteiger partial charge in [-0.05, 0) is 58.3 Å². The third-order valence-corrected chi connectivity index (χ3v) is 4.55. The van der Waals surface area contributed by atoms with Crippen molar-refractivity contribution in [2.45, 2.75) is 19.9 Å². The average Bonchev–Trinajstić information content (AvgIpc) is 2.47. The van der Waals surface area contributed by atoms with Crippen LogP contribution in [0.5, 0.6) is 0 Å².